The van der Waals surface area contributed by atoms with E-state index in [0.717, 1.165) is 40.6 Å². The lowest BCUT2D eigenvalue weighted by Gasteiger charge is -2.25. The summed E-state index contributed by atoms with van der Waals surface area (Å²) in [6, 6.07) is 17.2. The van der Waals surface area contributed by atoms with Crippen molar-refractivity contribution < 1.29 is 14.6 Å². The van der Waals surface area contributed by atoms with Crippen LogP contribution in [0, 0.1) is 0 Å². The van der Waals surface area contributed by atoms with Crippen LogP contribution < -0.4 is 5.32 Å². The van der Waals surface area contributed by atoms with Gasteiger partial charge in [-0.15, -0.1) is 0 Å². The van der Waals surface area contributed by atoms with Crippen LogP contribution in [0.5, 0.6) is 5.88 Å². The van der Waals surface area contributed by atoms with Crippen LogP contribution in [-0.2, 0) is 9.53 Å². The van der Waals surface area contributed by atoms with Crippen LogP contribution in [0.15, 0.2) is 54.6 Å². The number of morpholine rings is 1. The monoisotopic (exact) mass is 402 g/mol. The highest BCUT2D eigenvalue weighted by Gasteiger charge is 2.16. The number of aromatic hydroxyl groups is 1. The third-order valence-electron chi connectivity index (χ3n) is 5.39. The first-order valence-corrected chi connectivity index (χ1v) is 9.98. The molecule has 1 amide bonds. The minimum absolute atomic E-state index is 0.0375. The molecule has 7 heteroatoms. The zero-order valence-corrected chi connectivity index (χ0v) is 16.4. The fourth-order valence-corrected chi connectivity index (χ4v) is 3.89. The van der Waals surface area contributed by atoms with Gasteiger partial charge in [-0.2, -0.15) is 0 Å². The molecule has 1 fully saturated rings. The number of amides is 1. The molecular formula is C23H22N4O3. The van der Waals surface area contributed by atoms with E-state index >= 15 is 0 Å². The summed E-state index contributed by atoms with van der Waals surface area (Å²) in [4.78, 5) is 22.2. The van der Waals surface area contributed by atoms with Crippen molar-refractivity contribution in [2.45, 2.75) is 0 Å². The van der Waals surface area contributed by atoms with Crippen molar-refractivity contribution >= 4 is 33.4 Å². The largest absolute Gasteiger partial charge is 0.494 e. The van der Waals surface area contributed by atoms with E-state index in [4.69, 9.17) is 9.72 Å². The fourth-order valence-electron chi connectivity index (χ4n) is 3.89. The Kier molecular flexibility index (Phi) is 4.82. The Morgan fingerprint density at radius 2 is 1.97 bits per heavy atom. The number of para-hydroxylation sites is 1. The van der Waals surface area contributed by atoms with E-state index < -0.39 is 0 Å². The number of hydrogen-bond acceptors (Lipinski definition) is 5. The Labute approximate surface area is 173 Å². The maximum Gasteiger partial charge on any atom is 0.238 e. The van der Waals surface area contributed by atoms with Crippen molar-refractivity contribution in [3.8, 4) is 17.1 Å². The van der Waals surface area contributed by atoms with Crippen molar-refractivity contribution in [3.63, 3.8) is 0 Å². The molecule has 0 atom stereocenters. The average Bonchev–Trinajstić information content (AvgIpc) is 3.09. The molecule has 0 unspecified atom stereocenters. The van der Waals surface area contributed by atoms with Crippen LogP contribution in [0.25, 0.3) is 33.1 Å². The van der Waals surface area contributed by atoms with E-state index in [1.165, 1.54) is 0 Å². The van der Waals surface area contributed by atoms with Crippen molar-refractivity contribution in [2.75, 3.05) is 38.2 Å². The van der Waals surface area contributed by atoms with Gasteiger partial charge in [-0.1, -0.05) is 24.3 Å². The molecule has 3 N–H and O–H groups in total. The number of aromatic nitrogens is 2. The molecule has 152 valence electrons. The molecule has 3 heterocycles. The van der Waals surface area contributed by atoms with E-state index in [2.05, 4.69) is 15.2 Å². The lowest BCUT2D eigenvalue weighted by atomic mass is 10.1. The maximum absolute atomic E-state index is 12.3. The number of carbonyl (C=O) groups is 1. The molecular weight excluding hydrogens is 380 g/mol. The van der Waals surface area contributed by atoms with Gasteiger partial charge in [0.15, 0.2) is 5.88 Å². The number of fused-ring (bicyclic) bond motifs is 2. The minimum atomic E-state index is -0.0375. The summed E-state index contributed by atoms with van der Waals surface area (Å²) in [7, 11) is 0. The molecule has 0 saturated carbocycles. The Balaban J connectivity index is 1.39. The van der Waals surface area contributed by atoms with Crippen LogP contribution in [0.3, 0.4) is 0 Å². The summed E-state index contributed by atoms with van der Waals surface area (Å²) in [5.74, 6) is 0.0691. The number of anilines is 1. The number of benzene rings is 2. The second-order valence-corrected chi connectivity index (χ2v) is 7.43. The topological polar surface area (TPSA) is 90.5 Å². The molecule has 1 saturated heterocycles. The van der Waals surface area contributed by atoms with Crippen molar-refractivity contribution in [1.82, 2.24) is 14.9 Å². The quantitative estimate of drug-likeness (QED) is 0.487. The number of H-pyrrole nitrogens is 1. The summed E-state index contributed by atoms with van der Waals surface area (Å²) in [5.41, 5.74) is 3.79. The van der Waals surface area contributed by atoms with Crippen molar-refractivity contribution in [3.05, 3.63) is 54.6 Å². The van der Waals surface area contributed by atoms with Gasteiger partial charge >= 0.3 is 0 Å². The summed E-state index contributed by atoms with van der Waals surface area (Å²) >= 11 is 0. The zero-order chi connectivity index (χ0) is 20.5. The predicted octanol–water partition coefficient (Wildman–Crippen LogP) is 3.36. The number of hydrogen-bond donors (Lipinski definition) is 3. The lowest BCUT2D eigenvalue weighted by Crippen LogP contribution is -2.41. The number of carbonyl (C=O) groups excluding carboxylic acids is 1. The number of rotatable bonds is 4. The fraction of sp³-hybridized carbons (Fsp3) is 0.217. The second kappa shape index (κ2) is 7.78. The van der Waals surface area contributed by atoms with Gasteiger partial charge in [-0.25, -0.2) is 4.98 Å². The van der Waals surface area contributed by atoms with Crippen LogP contribution in [0.2, 0.25) is 0 Å². The Hall–Kier alpha value is -3.42. The average molecular weight is 402 g/mol. The van der Waals surface area contributed by atoms with E-state index in [9.17, 15) is 9.90 Å². The second-order valence-electron chi connectivity index (χ2n) is 7.43. The van der Waals surface area contributed by atoms with Gasteiger partial charge in [0, 0.05) is 35.1 Å². The van der Waals surface area contributed by atoms with Gasteiger partial charge < -0.3 is 20.1 Å². The van der Waals surface area contributed by atoms with Gasteiger partial charge in [0.25, 0.3) is 0 Å². The normalized spacial score (nSPS) is 14.9. The van der Waals surface area contributed by atoms with Gasteiger partial charge in [0.1, 0.15) is 0 Å². The van der Waals surface area contributed by atoms with Gasteiger partial charge in [0.05, 0.1) is 36.5 Å². The molecule has 7 nitrogen and oxygen atoms in total. The SMILES string of the molecule is O=C(CN1CCOCC1)Nc1ccc2nc(-c3c(O)[nH]c4ccccc34)ccc2c1. The molecule has 4 aromatic rings. The van der Waals surface area contributed by atoms with Gasteiger partial charge in [-0.05, 0) is 30.3 Å². The van der Waals surface area contributed by atoms with Gasteiger partial charge in [0.2, 0.25) is 5.91 Å². The highest BCUT2D eigenvalue weighted by Crippen LogP contribution is 2.36. The highest BCUT2D eigenvalue weighted by atomic mass is 16.5. The molecule has 0 spiro atoms. The first-order valence-electron chi connectivity index (χ1n) is 9.98. The first-order chi connectivity index (χ1) is 14.7. The number of nitrogens with one attached hydrogen (secondary N) is 2. The standard InChI is InChI=1S/C23H22N4O3/c28-21(14-27-9-11-30-12-10-27)24-16-6-8-18-15(13-16)5-7-20(25-18)22-17-3-1-2-4-19(17)26-23(22)29/h1-8,13,26,29H,9-12,14H2,(H,24,28). The van der Waals surface area contributed by atoms with E-state index in [0.29, 0.717) is 31.0 Å². The molecule has 1 aliphatic rings. The third kappa shape index (κ3) is 3.60. The molecule has 5 rings (SSSR count). The Bertz CT molecular complexity index is 1230. The number of nitrogens with zero attached hydrogens (tertiary/aromatic N) is 2. The Morgan fingerprint density at radius 1 is 1.13 bits per heavy atom. The van der Waals surface area contributed by atoms with E-state index in [1.807, 2.05) is 54.6 Å². The summed E-state index contributed by atoms with van der Waals surface area (Å²) in [6.45, 7) is 3.25. The van der Waals surface area contributed by atoms with Crippen molar-refractivity contribution in [1.29, 1.82) is 0 Å². The minimum Gasteiger partial charge on any atom is -0.494 e. The Morgan fingerprint density at radius 3 is 2.83 bits per heavy atom. The molecule has 0 radical (unpaired) electrons. The summed E-state index contributed by atoms with van der Waals surface area (Å²) in [5, 5.41) is 15.2. The third-order valence-corrected chi connectivity index (χ3v) is 5.39. The number of aromatic amines is 1. The molecule has 0 aliphatic carbocycles. The van der Waals surface area contributed by atoms with Crippen molar-refractivity contribution in [2.24, 2.45) is 0 Å². The number of pyridine rings is 1. The lowest BCUT2D eigenvalue weighted by molar-refractivity contribution is -0.118. The van der Waals surface area contributed by atoms with Crippen LogP contribution in [0.4, 0.5) is 5.69 Å². The molecule has 30 heavy (non-hydrogen) atoms. The number of ether oxygens (including phenoxy) is 1. The molecule has 1 aliphatic heterocycles. The van der Waals surface area contributed by atoms with Crippen LogP contribution >= 0.6 is 0 Å². The molecule has 0 bridgehead atoms. The van der Waals surface area contributed by atoms with Gasteiger partial charge in [-0.3, -0.25) is 9.69 Å². The summed E-state index contributed by atoms with van der Waals surface area (Å²) < 4.78 is 5.32. The highest BCUT2D eigenvalue weighted by molar-refractivity contribution is 5.99. The van der Waals surface area contributed by atoms with Crippen LogP contribution in [-0.4, -0.2) is 58.7 Å². The smallest absolute Gasteiger partial charge is 0.238 e. The van der Waals surface area contributed by atoms with E-state index in [1.54, 1.807) is 0 Å². The zero-order valence-electron chi connectivity index (χ0n) is 16.4. The molecule has 2 aromatic heterocycles. The molecule has 2 aromatic carbocycles. The maximum atomic E-state index is 12.3. The summed E-state index contributed by atoms with van der Waals surface area (Å²) in [6.07, 6.45) is 0. The van der Waals surface area contributed by atoms with E-state index in [-0.39, 0.29) is 11.8 Å². The van der Waals surface area contributed by atoms with Crippen LogP contribution in [0.1, 0.15) is 0 Å². The first kappa shape index (κ1) is 18.6. The predicted molar refractivity (Wildman–Crippen MR) is 117 cm³/mol.